The van der Waals surface area contributed by atoms with Crippen LogP contribution in [0.4, 0.5) is 11.4 Å². The number of ether oxygens (including phenoxy) is 2. The van der Waals surface area contributed by atoms with E-state index in [9.17, 15) is 9.59 Å². The van der Waals surface area contributed by atoms with Crippen molar-refractivity contribution in [3.05, 3.63) is 203 Å². The summed E-state index contributed by atoms with van der Waals surface area (Å²) in [6.45, 7) is 17.2. The van der Waals surface area contributed by atoms with Gasteiger partial charge < -0.3 is 9.47 Å². The van der Waals surface area contributed by atoms with Crippen molar-refractivity contribution in [1.29, 1.82) is 0 Å². The zero-order valence-electron chi connectivity index (χ0n) is 44.5. The van der Waals surface area contributed by atoms with Gasteiger partial charge in [0.05, 0.1) is 60.5 Å². The standard InChI is InChI=1S/2C32H32N2O2.2BrH.Co.Ni/c2*1-21(2)25-17-12-18-26(22(3)4)31(25)33-20-29(35)27-19-28(23-13-8-6-9-14-23)34-32(36-5)30(27)24-15-10-7-11-16-24;;;;/h2*6-22H,1-5H3;2*1H;;. The molecule has 0 N–H and O–H groups in total. The number of carbonyl (C=O) groups excluding carboxylic acids is 2. The minimum atomic E-state index is -0.194. The van der Waals surface area contributed by atoms with Gasteiger partial charge in [0.1, 0.15) is 0 Å². The van der Waals surface area contributed by atoms with Crippen LogP contribution in [-0.2, 0) is 33.3 Å². The molecule has 6 aromatic carbocycles. The third-order valence-electron chi connectivity index (χ3n) is 12.5. The van der Waals surface area contributed by atoms with Crippen molar-refractivity contribution in [3.63, 3.8) is 0 Å². The van der Waals surface area contributed by atoms with Crippen LogP contribution in [0.2, 0.25) is 0 Å². The second kappa shape index (κ2) is 30.6. The van der Waals surface area contributed by atoms with Crippen molar-refractivity contribution in [2.75, 3.05) is 14.2 Å². The summed E-state index contributed by atoms with van der Waals surface area (Å²) < 4.78 is 11.4. The predicted molar refractivity (Wildman–Crippen MR) is 318 cm³/mol. The fourth-order valence-corrected chi connectivity index (χ4v) is 8.72. The number of hydrogen-bond acceptors (Lipinski definition) is 8. The van der Waals surface area contributed by atoms with E-state index in [1.807, 2.05) is 133 Å². The molecule has 0 amide bonds. The number of methoxy groups -OCH3 is 2. The van der Waals surface area contributed by atoms with Crippen LogP contribution < -0.4 is 9.47 Å². The molecule has 0 spiro atoms. The molecule has 8 nitrogen and oxygen atoms in total. The minimum Gasteiger partial charge on any atom is -0.481 e. The van der Waals surface area contributed by atoms with E-state index in [2.05, 4.69) is 91.8 Å². The molecule has 8 aromatic rings. The predicted octanol–water partition coefficient (Wildman–Crippen LogP) is 17.7. The van der Waals surface area contributed by atoms with Gasteiger partial charge in [-0.05, 0) is 69.2 Å². The van der Waals surface area contributed by atoms with Crippen LogP contribution in [0, 0.1) is 0 Å². The second-order valence-corrected chi connectivity index (χ2v) is 18.8. The van der Waals surface area contributed by atoms with Crippen molar-refractivity contribution >= 4 is 69.3 Å². The molecule has 1 radical (unpaired) electrons. The quantitative estimate of drug-likeness (QED) is 0.0542. The summed E-state index contributed by atoms with van der Waals surface area (Å²) in [5, 5.41) is 0. The number of rotatable bonds is 16. The maximum Gasteiger partial charge on any atom is 0.222 e. The molecule has 8 rings (SSSR count). The summed E-state index contributed by atoms with van der Waals surface area (Å²) in [5.41, 5.74) is 13.5. The molecule has 0 saturated carbocycles. The number of pyridine rings is 2. The number of aromatic nitrogens is 2. The van der Waals surface area contributed by atoms with Crippen LogP contribution in [0.3, 0.4) is 0 Å². The fraction of sp³-hybridized carbons (Fsp3) is 0.219. The second-order valence-electron chi connectivity index (χ2n) is 18.8. The van der Waals surface area contributed by atoms with E-state index in [0.717, 1.165) is 55.9 Å². The van der Waals surface area contributed by atoms with Crippen molar-refractivity contribution in [3.8, 4) is 56.5 Å². The first kappa shape index (κ1) is 64.1. The third-order valence-corrected chi connectivity index (χ3v) is 12.5. The zero-order chi connectivity index (χ0) is 51.3. The Kier molecular flexibility index (Phi) is 25.8. The van der Waals surface area contributed by atoms with Gasteiger partial charge >= 0.3 is 0 Å². The van der Waals surface area contributed by atoms with Gasteiger partial charge in [-0.3, -0.25) is 19.6 Å². The zero-order valence-corrected chi connectivity index (χ0v) is 50.0. The fourth-order valence-electron chi connectivity index (χ4n) is 8.72. The largest absolute Gasteiger partial charge is 0.481 e. The molecule has 76 heavy (non-hydrogen) atoms. The molecule has 12 heteroatoms. The normalized spacial score (nSPS) is 10.8. The first-order valence-corrected chi connectivity index (χ1v) is 24.6. The van der Waals surface area contributed by atoms with Gasteiger partial charge in [0, 0.05) is 55.5 Å². The molecule has 0 saturated heterocycles. The Labute approximate surface area is 491 Å². The number of nitrogens with zero attached hydrogens (tertiary/aromatic N) is 4. The Morgan fingerprint density at radius 2 is 0.684 bits per heavy atom. The minimum absolute atomic E-state index is 0. The molecule has 2 heterocycles. The van der Waals surface area contributed by atoms with Crippen LogP contribution in [0.1, 0.15) is 122 Å². The molecule has 0 atom stereocenters. The maximum absolute atomic E-state index is 13.8. The number of carbonyl (C=O) groups is 2. The first-order valence-electron chi connectivity index (χ1n) is 24.6. The van der Waals surface area contributed by atoms with E-state index in [-0.39, 0.29) is 102 Å². The van der Waals surface area contributed by atoms with Crippen LogP contribution in [0.5, 0.6) is 11.8 Å². The van der Waals surface area contributed by atoms with Crippen LogP contribution in [0.15, 0.2) is 180 Å². The van der Waals surface area contributed by atoms with E-state index in [1.165, 1.54) is 12.4 Å². The van der Waals surface area contributed by atoms with E-state index in [0.29, 0.717) is 45.4 Å². The number of halogens is 2. The van der Waals surface area contributed by atoms with Gasteiger partial charge in [0.15, 0.2) is 0 Å². The number of para-hydroxylation sites is 2. The number of benzene rings is 6. The number of hydrogen-bond donors (Lipinski definition) is 0. The Hall–Kier alpha value is -6.14. The Balaban J connectivity index is 0.000000380. The maximum atomic E-state index is 13.8. The number of ketones is 2. The van der Waals surface area contributed by atoms with Crippen molar-refractivity contribution in [2.24, 2.45) is 9.98 Å². The number of aliphatic imine (C=N–C) groups is 2. The third kappa shape index (κ3) is 15.5. The molecular formula is C64H66Br2CoN4NiO4. The summed E-state index contributed by atoms with van der Waals surface area (Å²) in [6.07, 6.45) is 2.89. The average Bonchev–Trinajstić information content (AvgIpc) is 3.41. The van der Waals surface area contributed by atoms with Crippen molar-refractivity contribution in [1.82, 2.24) is 9.97 Å². The number of Topliss-reactive ketones (excluding diaryl/α,β-unsaturated/α-hetero) is 2. The average molecular weight is 1230 g/mol. The monoisotopic (exact) mass is 1230 g/mol. The molecular weight excluding hydrogens is 1170 g/mol. The molecule has 0 aliphatic rings. The van der Waals surface area contributed by atoms with Gasteiger partial charge in [-0.1, -0.05) is 213 Å². The molecule has 0 fully saturated rings. The van der Waals surface area contributed by atoms with Gasteiger partial charge in [0.25, 0.3) is 0 Å². The molecule has 0 aliphatic heterocycles. The topological polar surface area (TPSA) is 103 Å². The van der Waals surface area contributed by atoms with Crippen LogP contribution >= 0.6 is 34.0 Å². The van der Waals surface area contributed by atoms with E-state index in [4.69, 9.17) is 29.4 Å². The molecule has 2 aromatic heterocycles. The van der Waals surface area contributed by atoms with Gasteiger partial charge in [-0.25, -0.2) is 9.97 Å². The summed E-state index contributed by atoms with van der Waals surface area (Å²) in [7, 11) is 3.17. The molecule has 399 valence electrons. The van der Waals surface area contributed by atoms with Gasteiger partial charge in [0.2, 0.25) is 23.3 Å². The molecule has 0 bridgehead atoms. The van der Waals surface area contributed by atoms with Gasteiger partial charge in [-0.2, -0.15) is 0 Å². The summed E-state index contributed by atoms with van der Waals surface area (Å²) in [4.78, 5) is 46.7. The summed E-state index contributed by atoms with van der Waals surface area (Å²) in [5.74, 6) is 1.58. The van der Waals surface area contributed by atoms with Crippen LogP contribution in [-0.4, -0.2) is 48.2 Å². The Morgan fingerprint density at radius 1 is 0.421 bits per heavy atom. The molecule has 0 unspecified atom stereocenters. The van der Waals surface area contributed by atoms with E-state index in [1.54, 1.807) is 14.2 Å². The van der Waals surface area contributed by atoms with Crippen molar-refractivity contribution in [2.45, 2.75) is 79.1 Å². The van der Waals surface area contributed by atoms with Gasteiger partial charge in [-0.15, -0.1) is 34.0 Å². The van der Waals surface area contributed by atoms with Crippen molar-refractivity contribution < 1.29 is 52.3 Å². The summed E-state index contributed by atoms with van der Waals surface area (Å²) in [6, 6.07) is 55.3. The SMILES string of the molecule is Br.Br.COc1nc(-c2ccccc2)cc(C(=O)C=Nc2c(C(C)C)cccc2C(C)C)c1-c1ccccc1.COc1nc(-c2ccccc2)cc(C(=O)C=Nc2c(C(C)C)cccc2C(C)C)c1-c1ccccc1.[Co].[Ni]. The van der Waals surface area contributed by atoms with Crippen LogP contribution in [0.25, 0.3) is 44.8 Å². The summed E-state index contributed by atoms with van der Waals surface area (Å²) >= 11 is 0. The molecule has 0 aliphatic carbocycles. The first-order chi connectivity index (χ1) is 34.8. The Bertz CT molecular complexity index is 2940. The van der Waals surface area contributed by atoms with E-state index >= 15 is 0 Å². The Morgan fingerprint density at radius 3 is 0.934 bits per heavy atom. The smallest absolute Gasteiger partial charge is 0.222 e. The van der Waals surface area contributed by atoms with E-state index < -0.39 is 0 Å².